The Morgan fingerprint density at radius 1 is 0.952 bits per heavy atom. The fourth-order valence-corrected chi connectivity index (χ4v) is 2.30. The summed E-state index contributed by atoms with van der Waals surface area (Å²) in [7, 11) is 0. The van der Waals surface area contributed by atoms with Crippen LogP contribution in [0.1, 0.15) is 16.7 Å². The smallest absolute Gasteiger partial charge is 0.392 e. The number of rotatable bonds is 4. The van der Waals surface area contributed by atoms with Gasteiger partial charge in [0.25, 0.3) is 0 Å². The second kappa shape index (κ2) is 6.50. The highest BCUT2D eigenvalue weighted by Crippen LogP contribution is 2.29. The summed E-state index contributed by atoms with van der Waals surface area (Å²) in [6.45, 7) is 0. The van der Waals surface area contributed by atoms with Gasteiger partial charge in [-0.2, -0.15) is 13.2 Å². The molecule has 0 spiro atoms. The summed E-state index contributed by atoms with van der Waals surface area (Å²) in [6.07, 6.45) is -4.39. The summed E-state index contributed by atoms with van der Waals surface area (Å²) < 4.78 is 37.3. The van der Waals surface area contributed by atoms with Crippen molar-refractivity contribution >= 4 is 11.6 Å². The number of halogens is 4. The van der Waals surface area contributed by atoms with Gasteiger partial charge >= 0.3 is 6.18 Å². The quantitative estimate of drug-likeness (QED) is 0.880. The van der Waals surface area contributed by atoms with Crippen LogP contribution in [0.25, 0.3) is 0 Å². The van der Waals surface area contributed by atoms with Gasteiger partial charge in [0, 0.05) is 11.4 Å². The van der Waals surface area contributed by atoms with Crippen LogP contribution in [0, 0.1) is 0 Å². The van der Waals surface area contributed by atoms with Gasteiger partial charge in [-0.05, 0) is 35.7 Å². The Balaban J connectivity index is 2.00. The van der Waals surface area contributed by atoms with Crippen molar-refractivity contribution in [3.63, 3.8) is 0 Å². The Morgan fingerprint density at radius 2 is 1.57 bits per heavy atom. The van der Waals surface area contributed by atoms with Crippen molar-refractivity contribution < 1.29 is 18.3 Å². The highest BCUT2D eigenvalue weighted by Gasteiger charge is 2.29. The molecule has 2 aromatic rings. The molecule has 1 nitrogen and oxygen atoms in total. The molecule has 0 saturated carbocycles. The topological polar surface area (TPSA) is 20.2 Å². The maximum atomic E-state index is 12.4. The third-order valence-corrected chi connectivity index (χ3v) is 3.53. The molecule has 5 heteroatoms. The van der Waals surface area contributed by atoms with Crippen molar-refractivity contribution in [1.82, 2.24) is 0 Å². The summed E-state index contributed by atoms with van der Waals surface area (Å²) in [4.78, 5) is 0. The zero-order valence-electron chi connectivity index (χ0n) is 11.1. The molecular weight excluding hydrogens is 301 g/mol. The Labute approximate surface area is 126 Å². The summed E-state index contributed by atoms with van der Waals surface area (Å²) >= 11 is 6.01. The van der Waals surface area contributed by atoms with Crippen LogP contribution < -0.4 is 0 Å². The monoisotopic (exact) mass is 314 g/mol. The highest BCUT2D eigenvalue weighted by molar-refractivity contribution is 6.31. The maximum Gasteiger partial charge on any atom is 0.416 e. The molecule has 2 aromatic carbocycles. The van der Waals surface area contributed by atoms with E-state index in [2.05, 4.69) is 0 Å². The second-order valence-electron chi connectivity index (χ2n) is 4.85. The van der Waals surface area contributed by atoms with Gasteiger partial charge in [0.05, 0.1) is 11.7 Å². The van der Waals surface area contributed by atoms with E-state index in [0.717, 1.165) is 17.7 Å². The first-order valence-electron chi connectivity index (χ1n) is 6.44. The van der Waals surface area contributed by atoms with Crippen LogP contribution in [0.2, 0.25) is 5.02 Å². The predicted molar refractivity (Wildman–Crippen MR) is 76.3 cm³/mol. The molecule has 0 saturated heterocycles. The summed E-state index contributed by atoms with van der Waals surface area (Å²) in [5.74, 6) is 0. The normalized spacial score (nSPS) is 13.2. The van der Waals surface area contributed by atoms with Crippen molar-refractivity contribution in [3.05, 3.63) is 70.2 Å². The average molecular weight is 315 g/mol. The Morgan fingerprint density at radius 3 is 2.14 bits per heavy atom. The largest absolute Gasteiger partial charge is 0.416 e. The lowest BCUT2D eigenvalue weighted by atomic mass is 10.0. The summed E-state index contributed by atoms with van der Waals surface area (Å²) in [5, 5.41) is 10.6. The molecule has 0 amide bonds. The molecule has 112 valence electrons. The van der Waals surface area contributed by atoms with Crippen molar-refractivity contribution in [2.45, 2.75) is 25.1 Å². The lowest BCUT2D eigenvalue weighted by Gasteiger charge is -2.13. The zero-order chi connectivity index (χ0) is 15.5. The molecule has 1 unspecified atom stereocenters. The molecule has 0 bridgehead atoms. The van der Waals surface area contributed by atoms with E-state index in [1.165, 1.54) is 12.1 Å². The van der Waals surface area contributed by atoms with E-state index in [4.69, 9.17) is 11.6 Å². The Hall–Kier alpha value is -1.52. The van der Waals surface area contributed by atoms with E-state index in [9.17, 15) is 18.3 Å². The summed E-state index contributed by atoms with van der Waals surface area (Å²) in [5.41, 5.74) is 0.785. The van der Waals surface area contributed by atoms with Gasteiger partial charge in [-0.1, -0.05) is 41.9 Å². The van der Waals surface area contributed by atoms with Crippen molar-refractivity contribution in [2.75, 3.05) is 0 Å². The SMILES string of the molecule is OC(Cc1ccc(C(F)(F)F)cc1)Cc1ccccc1Cl. The van der Waals surface area contributed by atoms with Crippen LogP contribution in [-0.4, -0.2) is 11.2 Å². The van der Waals surface area contributed by atoms with E-state index in [1.54, 1.807) is 12.1 Å². The molecular formula is C16H14ClF3O. The van der Waals surface area contributed by atoms with E-state index < -0.39 is 17.8 Å². The molecule has 0 aliphatic carbocycles. The Kier molecular flexibility index (Phi) is 4.91. The van der Waals surface area contributed by atoms with Crippen LogP contribution in [0.15, 0.2) is 48.5 Å². The van der Waals surface area contributed by atoms with E-state index in [1.807, 2.05) is 12.1 Å². The van der Waals surface area contributed by atoms with Crippen LogP contribution in [-0.2, 0) is 19.0 Å². The first-order chi connectivity index (χ1) is 9.86. The molecule has 0 radical (unpaired) electrons. The molecule has 0 aromatic heterocycles. The first-order valence-corrected chi connectivity index (χ1v) is 6.81. The van der Waals surface area contributed by atoms with Crippen molar-refractivity contribution in [1.29, 1.82) is 0 Å². The van der Waals surface area contributed by atoms with Gasteiger partial charge in [0.15, 0.2) is 0 Å². The molecule has 0 aliphatic rings. The number of aliphatic hydroxyl groups excluding tert-OH is 1. The highest BCUT2D eigenvalue weighted by atomic mass is 35.5. The molecule has 2 rings (SSSR count). The number of aliphatic hydroxyl groups is 1. The minimum atomic E-state index is -4.34. The molecule has 1 atom stereocenters. The molecule has 0 heterocycles. The average Bonchev–Trinajstić information content (AvgIpc) is 2.41. The van der Waals surface area contributed by atoms with Gasteiger partial charge < -0.3 is 5.11 Å². The van der Waals surface area contributed by atoms with Gasteiger partial charge in [-0.25, -0.2) is 0 Å². The molecule has 21 heavy (non-hydrogen) atoms. The van der Waals surface area contributed by atoms with Crippen LogP contribution in [0.3, 0.4) is 0 Å². The Bertz CT molecular complexity index is 593. The third-order valence-electron chi connectivity index (χ3n) is 3.17. The zero-order valence-corrected chi connectivity index (χ0v) is 11.8. The van der Waals surface area contributed by atoms with Gasteiger partial charge in [-0.15, -0.1) is 0 Å². The maximum absolute atomic E-state index is 12.4. The van der Waals surface area contributed by atoms with Crippen LogP contribution in [0.4, 0.5) is 13.2 Å². The van der Waals surface area contributed by atoms with Crippen LogP contribution in [0.5, 0.6) is 0 Å². The van der Waals surface area contributed by atoms with Crippen molar-refractivity contribution in [2.24, 2.45) is 0 Å². The lowest BCUT2D eigenvalue weighted by molar-refractivity contribution is -0.137. The minimum Gasteiger partial charge on any atom is -0.392 e. The standard InChI is InChI=1S/C16H14ClF3O/c17-15-4-2-1-3-12(15)10-14(21)9-11-5-7-13(8-6-11)16(18,19)20/h1-8,14,21H,9-10H2. The third kappa shape index (κ3) is 4.48. The predicted octanol–water partition coefficient (Wildman–Crippen LogP) is 4.50. The molecule has 0 fully saturated rings. The van der Waals surface area contributed by atoms with Gasteiger partial charge in [0.2, 0.25) is 0 Å². The van der Waals surface area contributed by atoms with E-state index >= 15 is 0 Å². The van der Waals surface area contributed by atoms with Gasteiger partial charge in [-0.3, -0.25) is 0 Å². The summed E-state index contributed by atoms with van der Waals surface area (Å²) in [6, 6.07) is 12.0. The van der Waals surface area contributed by atoms with Crippen LogP contribution >= 0.6 is 11.6 Å². The molecule has 1 N–H and O–H groups in total. The number of benzene rings is 2. The number of hydrogen-bond acceptors (Lipinski definition) is 1. The minimum absolute atomic E-state index is 0.281. The molecule has 0 aliphatic heterocycles. The van der Waals surface area contributed by atoms with Crippen molar-refractivity contribution in [3.8, 4) is 0 Å². The fraction of sp³-hybridized carbons (Fsp3) is 0.250. The first kappa shape index (κ1) is 15.9. The van der Waals surface area contributed by atoms with E-state index in [-0.39, 0.29) is 6.42 Å². The number of hydrogen-bond donors (Lipinski definition) is 1. The number of alkyl halides is 3. The van der Waals surface area contributed by atoms with Gasteiger partial charge in [0.1, 0.15) is 0 Å². The lowest BCUT2D eigenvalue weighted by Crippen LogP contribution is -2.14. The fourth-order valence-electron chi connectivity index (χ4n) is 2.09. The second-order valence-corrected chi connectivity index (χ2v) is 5.26. The van der Waals surface area contributed by atoms with E-state index in [0.29, 0.717) is 17.0 Å².